The molecule has 5 nitrogen and oxygen atoms in total. The second-order valence-corrected chi connectivity index (χ2v) is 12.7. The Kier molecular flexibility index (Phi) is 5.34. The zero-order valence-corrected chi connectivity index (χ0v) is 22.3. The van der Waals surface area contributed by atoms with E-state index in [4.69, 9.17) is 9.57 Å². The van der Waals surface area contributed by atoms with Crippen molar-refractivity contribution in [2.24, 2.45) is 39.7 Å². The molecule has 0 unspecified atom stereocenters. The lowest BCUT2D eigenvalue weighted by atomic mass is 9.46. The number of aryl methyl sites for hydroxylation is 1. The number of rotatable bonds is 3. The number of carbonyl (C=O) groups excluding carboxylic acids is 2. The maximum atomic E-state index is 13.5. The molecule has 0 spiro atoms. The molecule has 3 saturated carbocycles. The van der Waals surface area contributed by atoms with Crippen molar-refractivity contribution in [3.8, 4) is 0 Å². The van der Waals surface area contributed by atoms with Crippen molar-refractivity contribution in [1.82, 2.24) is 0 Å². The SMILES string of the molecule is CC(=O)O[C@H]1CC[C@@]2(C)C(=CC[C@@H]3[C@@H]2CC[C@@]2(C)[C@H]3C[C@H]3C(c4ccc(C)cc4)=NO[C@]32C(C)=O)C1. The first-order valence-corrected chi connectivity index (χ1v) is 13.8. The summed E-state index contributed by atoms with van der Waals surface area (Å²) in [6.07, 6.45) is 9.44. The van der Waals surface area contributed by atoms with E-state index in [1.165, 1.54) is 18.1 Å². The molecule has 5 heteroatoms. The summed E-state index contributed by atoms with van der Waals surface area (Å²) in [5, 5.41) is 4.61. The first kappa shape index (κ1) is 23.9. The van der Waals surface area contributed by atoms with Crippen LogP contribution in [-0.4, -0.2) is 29.2 Å². The molecule has 0 amide bonds. The molecule has 0 bridgehead atoms. The summed E-state index contributed by atoms with van der Waals surface area (Å²) in [6.45, 7) is 10.1. The topological polar surface area (TPSA) is 65.0 Å². The molecule has 1 aromatic carbocycles. The van der Waals surface area contributed by atoms with Crippen molar-refractivity contribution < 1.29 is 19.2 Å². The smallest absolute Gasteiger partial charge is 0.302 e. The summed E-state index contributed by atoms with van der Waals surface area (Å²) in [5.41, 5.74) is 3.80. The minimum atomic E-state index is -0.860. The van der Waals surface area contributed by atoms with E-state index in [9.17, 15) is 9.59 Å². The third kappa shape index (κ3) is 3.10. The minimum absolute atomic E-state index is 0.00402. The number of hydrogen-bond acceptors (Lipinski definition) is 5. The molecule has 0 saturated heterocycles. The van der Waals surface area contributed by atoms with Crippen molar-refractivity contribution >= 4 is 17.5 Å². The van der Waals surface area contributed by atoms with Gasteiger partial charge in [-0.3, -0.25) is 9.59 Å². The number of ketones is 1. The van der Waals surface area contributed by atoms with Gasteiger partial charge in [-0.15, -0.1) is 0 Å². The summed E-state index contributed by atoms with van der Waals surface area (Å²) < 4.78 is 5.61. The van der Waals surface area contributed by atoms with E-state index < -0.39 is 5.60 Å². The van der Waals surface area contributed by atoms with Crippen LogP contribution in [0.3, 0.4) is 0 Å². The number of benzene rings is 1. The van der Waals surface area contributed by atoms with Gasteiger partial charge >= 0.3 is 5.97 Å². The van der Waals surface area contributed by atoms with Crippen LogP contribution in [0.4, 0.5) is 0 Å². The molecule has 36 heavy (non-hydrogen) atoms. The normalized spacial score (nSPS) is 42.6. The summed E-state index contributed by atoms with van der Waals surface area (Å²) >= 11 is 0. The number of allylic oxidation sites excluding steroid dienone is 1. The highest BCUT2D eigenvalue weighted by atomic mass is 16.7. The van der Waals surface area contributed by atoms with Crippen molar-refractivity contribution in [3.63, 3.8) is 0 Å². The summed E-state index contributed by atoms with van der Waals surface area (Å²) in [6, 6.07) is 8.48. The highest BCUT2D eigenvalue weighted by Crippen LogP contribution is 2.70. The maximum Gasteiger partial charge on any atom is 0.302 e. The predicted octanol–water partition coefficient (Wildman–Crippen LogP) is 6.18. The highest BCUT2D eigenvalue weighted by molar-refractivity contribution is 6.08. The van der Waals surface area contributed by atoms with Gasteiger partial charge in [0.1, 0.15) is 6.10 Å². The molecule has 0 radical (unpaired) electrons. The lowest BCUT2D eigenvalue weighted by molar-refractivity contribution is -0.174. The monoisotopic (exact) mass is 489 g/mol. The van der Waals surface area contributed by atoms with E-state index in [0.29, 0.717) is 17.8 Å². The second-order valence-electron chi connectivity index (χ2n) is 12.7. The minimum Gasteiger partial charge on any atom is -0.462 e. The van der Waals surface area contributed by atoms with E-state index in [2.05, 4.69) is 56.3 Å². The van der Waals surface area contributed by atoms with Crippen LogP contribution in [0.25, 0.3) is 0 Å². The van der Waals surface area contributed by atoms with Gasteiger partial charge in [-0.05, 0) is 81.1 Å². The number of fused-ring (bicyclic) bond motifs is 7. The number of carbonyl (C=O) groups is 2. The van der Waals surface area contributed by atoms with Gasteiger partial charge in [0.2, 0.25) is 5.60 Å². The van der Waals surface area contributed by atoms with E-state index >= 15 is 0 Å². The van der Waals surface area contributed by atoms with E-state index in [1.54, 1.807) is 6.92 Å². The van der Waals surface area contributed by atoms with Crippen molar-refractivity contribution in [1.29, 1.82) is 0 Å². The third-order valence-electron chi connectivity index (χ3n) is 11.1. The Morgan fingerprint density at radius 1 is 1.06 bits per heavy atom. The summed E-state index contributed by atoms with van der Waals surface area (Å²) in [5.74, 6) is 1.50. The van der Waals surface area contributed by atoms with Crippen LogP contribution in [0.5, 0.6) is 0 Å². The maximum absolute atomic E-state index is 13.5. The summed E-state index contributed by atoms with van der Waals surface area (Å²) in [4.78, 5) is 31.4. The van der Waals surface area contributed by atoms with Crippen LogP contribution in [0, 0.1) is 41.4 Å². The van der Waals surface area contributed by atoms with Crippen LogP contribution < -0.4 is 0 Å². The number of ether oxygens (including phenoxy) is 1. The van der Waals surface area contributed by atoms with Crippen LogP contribution in [0.15, 0.2) is 41.1 Å². The van der Waals surface area contributed by atoms with Crippen LogP contribution in [-0.2, 0) is 19.2 Å². The van der Waals surface area contributed by atoms with Crippen LogP contribution in [0.2, 0.25) is 0 Å². The first-order chi connectivity index (χ1) is 17.1. The van der Waals surface area contributed by atoms with Gasteiger partial charge in [0.25, 0.3) is 0 Å². The number of Topliss-reactive ketones (excluding diaryl/α,β-unsaturated/α-hetero) is 1. The first-order valence-electron chi connectivity index (χ1n) is 13.8. The zero-order chi connectivity index (χ0) is 25.5. The van der Waals surface area contributed by atoms with Gasteiger partial charge in [-0.2, -0.15) is 0 Å². The molecule has 1 heterocycles. The van der Waals surface area contributed by atoms with Crippen molar-refractivity contribution in [3.05, 3.63) is 47.0 Å². The molecule has 192 valence electrons. The Hall–Kier alpha value is -2.43. The van der Waals surface area contributed by atoms with Crippen molar-refractivity contribution in [2.45, 2.75) is 91.3 Å². The highest BCUT2D eigenvalue weighted by Gasteiger charge is 2.74. The van der Waals surface area contributed by atoms with Gasteiger partial charge < -0.3 is 9.57 Å². The average molecular weight is 490 g/mol. The Bertz CT molecular complexity index is 1170. The fraction of sp³-hybridized carbons (Fsp3) is 0.645. The Labute approximate surface area is 214 Å². The molecule has 1 aliphatic heterocycles. The van der Waals surface area contributed by atoms with Crippen molar-refractivity contribution in [2.75, 3.05) is 0 Å². The Morgan fingerprint density at radius 3 is 2.50 bits per heavy atom. The molecular weight excluding hydrogens is 450 g/mol. The molecule has 3 fully saturated rings. The van der Waals surface area contributed by atoms with Crippen LogP contribution in [0.1, 0.15) is 83.8 Å². The Morgan fingerprint density at radius 2 is 1.81 bits per heavy atom. The number of oxime groups is 1. The van der Waals surface area contributed by atoms with E-state index in [-0.39, 0.29) is 34.6 Å². The van der Waals surface area contributed by atoms with Gasteiger partial charge in [0.15, 0.2) is 5.78 Å². The molecule has 1 aromatic rings. The molecule has 5 aliphatic rings. The molecular formula is C31H39NO4. The van der Waals surface area contributed by atoms with Crippen LogP contribution >= 0.6 is 0 Å². The van der Waals surface area contributed by atoms with Gasteiger partial charge in [0.05, 0.1) is 11.6 Å². The van der Waals surface area contributed by atoms with Gasteiger partial charge in [-0.1, -0.05) is 60.5 Å². The molecule has 4 aliphatic carbocycles. The number of nitrogens with zero attached hydrogens (tertiary/aromatic N) is 1. The quantitative estimate of drug-likeness (QED) is 0.376. The molecule has 6 rings (SSSR count). The average Bonchev–Trinajstić information content (AvgIpc) is 3.34. The second kappa shape index (κ2) is 8.03. The fourth-order valence-corrected chi connectivity index (χ4v) is 9.34. The largest absolute Gasteiger partial charge is 0.462 e. The number of hydrogen-bond donors (Lipinski definition) is 0. The van der Waals surface area contributed by atoms with Gasteiger partial charge in [-0.25, -0.2) is 0 Å². The lowest BCUT2D eigenvalue weighted by Gasteiger charge is -2.58. The number of esters is 1. The summed E-state index contributed by atoms with van der Waals surface area (Å²) in [7, 11) is 0. The van der Waals surface area contributed by atoms with Gasteiger partial charge in [0, 0.05) is 18.8 Å². The lowest BCUT2D eigenvalue weighted by Crippen LogP contribution is -2.58. The van der Waals surface area contributed by atoms with E-state index in [0.717, 1.165) is 56.2 Å². The predicted molar refractivity (Wildman–Crippen MR) is 138 cm³/mol. The zero-order valence-electron chi connectivity index (χ0n) is 22.3. The standard InChI is InChI=1S/C31H39NO4/c1-18-6-8-21(9-7-18)28-27-17-26-24-11-10-22-16-23(35-20(3)34)12-14-29(22,4)25(24)13-15-30(26,5)31(27,19(2)33)36-32-28/h6-10,23-27H,11-17H2,1-5H3/t23-,24+,25-,26-,27-,29-,30-,31+/m0/s1. The molecule has 0 aromatic heterocycles. The third-order valence-corrected chi connectivity index (χ3v) is 11.1. The molecule has 0 N–H and O–H groups in total. The molecule has 8 atom stereocenters. The fourth-order valence-electron chi connectivity index (χ4n) is 9.34. The Balaban J connectivity index is 1.34. The van der Waals surface area contributed by atoms with E-state index in [1.807, 2.05) is 0 Å².